The van der Waals surface area contributed by atoms with Crippen molar-refractivity contribution in [2.45, 2.75) is 11.8 Å². The van der Waals surface area contributed by atoms with E-state index in [-0.39, 0.29) is 4.90 Å². The normalized spacial score (nSPS) is 11.7. The number of rotatable bonds is 4. The summed E-state index contributed by atoms with van der Waals surface area (Å²) in [6.07, 6.45) is 0. The molecule has 18 heavy (non-hydrogen) atoms. The third-order valence-electron chi connectivity index (χ3n) is 2.60. The average molecular weight is 264 g/mol. The van der Waals surface area contributed by atoms with Crippen LogP contribution in [0.4, 0.5) is 0 Å². The van der Waals surface area contributed by atoms with Crippen LogP contribution in [0.25, 0.3) is 10.8 Å². The van der Waals surface area contributed by atoms with Crippen LogP contribution in [0.5, 0.6) is 5.75 Å². The van der Waals surface area contributed by atoms with Crippen molar-refractivity contribution in [3.63, 3.8) is 0 Å². The molecule has 0 unspecified atom stereocenters. The van der Waals surface area contributed by atoms with Gasteiger partial charge in [0.05, 0.1) is 11.5 Å². The predicted octanol–water partition coefficient (Wildman–Crippen LogP) is 2.31. The molecule has 2 rings (SSSR count). The highest BCUT2D eigenvalue weighted by molar-refractivity contribution is 7.89. The summed E-state index contributed by atoms with van der Waals surface area (Å²) in [6.45, 7) is 2.42. The van der Waals surface area contributed by atoms with Crippen molar-refractivity contribution < 1.29 is 13.2 Å². The molecule has 0 saturated heterocycles. The van der Waals surface area contributed by atoms with Crippen molar-refractivity contribution in [1.82, 2.24) is 4.72 Å². The van der Waals surface area contributed by atoms with Gasteiger partial charge in [0, 0.05) is 12.4 Å². The second-order valence-electron chi connectivity index (χ2n) is 3.72. The van der Waals surface area contributed by atoms with Crippen LogP contribution in [0.3, 0.4) is 0 Å². The average Bonchev–Trinajstić information content (AvgIpc) is 2.38. The Hall–Kier alpha value is -1.59. The fourth-order valence-corrected chi connectivity index (χ4v) is 2.67. The Balaban J connectivity index is 2.70. The Morgan fingerprint density at radius 2 is 2.06 bits per heavy atom. The zero-order valence-electron chi connectivity index (χ0n) is 10.0. The third-order valence-corrected chi connectivity index (χ3v) is 3.92. The molecule has 1 radical (unpaired) electrons. The standard InChI is InChI=1S/C13H14NO3S/c1-3-17-11-8-7-10-5-4-6-13(12(10)9-11)18(15,16)14-2/h4-9,14H,2-3H2,1H3. The molecular weight excluding hydrogens is 250 g/mol. The maximum atomic E-state index is 11.9. The van der Waals surface area contributed by atoms with Gasteiger partial charge in [-0.3, -0.25) is 0 Å². The van der Waals surface area contributed by atoms with Gasteiger partial charge in [-0.05, 0) is 30.5 Å². The molecule has 0 aromatic heterocycles. The summed E-state index contributed by atoms with van der Waals surface area (Å²) in [5.41, 5.74) is 0. The van der Waals surface area contributed by atoms with Gasteiger partial charge in [0.15, 0.2) is 0 Å². The van der Waals surface area contributed by atoms with Gasteiger partial charge in [0.25, 0.3) is 0 Å². The third kappa shape index (κ3) is 2.32. The lowest BCUT2D eigenvalue weighted by molar-refractivity contribution is 0.340. The SMILES string of the molecule is [CH2]NS(=O)(=O)c1cccc2ccc(OCC)cc12. The molecular formula is C13H14NO3S. The molecule has 5 heteroatoms. The second-order valence-corrected chi connectivity index (χ2v) is 5.46. The number of benzene rings is 2. The van der Waals surface area contributed by atoms with Crippen LogP contribution in [0.15, 0.2) is 41.3 Å². The lowest BCUT2D eigenvalue weighted by Gasteiger charge is -2.09. The van der Waals surface area contributed by atoms with Crippen LogP contribution in [0.1, 0.15) is 6.92 Å². The van der Waals surface area contributed by atoms with E-state index in [0.717, 1.165) is 5.39 Å². The van der Waals surface area contributed by atoms with E-state index in [9.17, 15) is 8.42 Å². The lowest BCUT2D eigenvalue weighted by Crippen LogP contribution is -2.16. The zero-order valence-corrected chi connectivity index (χ0v) is 10.8. The van der Waals surface area contributed by atoms with Crippen LogP contribution in [-0.2, 0) is 10.0 Å². The summed E-state index contributed by atoms with van der Waals surface area (Å²) < 4.78 is 31.2. The summed E-state index contributed by atoms with van der Waals surface area (Å²) in [7, 11) is -0.343. The first-order valence-corrected chi connectivity index (χ1v) is 7.01. The van der Waals surface area contributed by atoms with Gasteiger partial charge >= 0.3 is 0 Å². The molecule has 0 aliphatic heterocycles. The molecule has 0 spiro atoms. The van der Waals surface area contributed by atoms with Crippen molar-refractivity contribution in [1.29, 1.82) is 0 Å². The van der Waals surface area contributed by atoms with Crippen LogP contribution in [-0.4, -0.2) is 15.0 Å². The van der Waals surface area contributed by atoms with E-state index >= 15 is 0 Å². The molecule has 0 fully saturated rings. The van der Waals surface area contributed by atoms with Gasteiger partial charge < -0.3 is 4.74 Å². The fourth-order valence-electron chi connectivity index (χ4n) is 1.79. The number of nitrogens with one attached hydrogen (secondary N) is 1. The maximum Gasteiger partial charge on any atom is 0.241 e. The molecule has 0 saturated carbocycles. The Bertz CT molecular complexity index is 665. The summed E-state index contributed by atoms with van der Waals surface area (Å²) >= 11 is 0. The number of hydrogen-bond acceptors (Lipinski definition) is 3. The number of fused-ring (bicyclic) bond motifs is 1. The molecule has 2 aromatic carbocycles. The first kappa shape index (κ1) is 12.9. The molecule has 0 heterocycles. The second kappa shape index (κ2) is 4.96. The van der Waals surface area contributed by atoms with Gasteiger partial charge in [-0.25, -0.2) is 13.1 Å². The summed E-state index contributed by atoms with van der Waals surface area (Å²) in [6, 6.07) is 10.5. The van der Waals surface area contributed by atoms with E-state index in [1.54, 1.807) is 18.2 Å². The van der Waals surface area contributed by atoms with Crippen molar-refractivity contribution in [3.8, 4) is 5.75 Å². The topological polar surface area (TPSA) is 55.4 Å². The maximum absolute atomic E-state index is 11.9. The minimum atomic E-state index is -3.57. The molecule has 0 aliphatic rings. The van der Waals surface area contributed by atoms with E-state index in [2.05, 4.69) is 11.8 Å². The van der Waals surface area contributed by atoms with Crippen LogP contribution >= 0.6 is 0 Å². The van der Waals surface area contributed by atoms with E-state index in [1.807, 2.05) is 25.1 Å². The number of sulfonamides is 1. The van der Waals surface area contributed by atoms with Gasteiger partial charge in [0.1, 0.15) is 5.75 Å². The Morgan fingerprint density at radius 3 is 2.72 bits per heavy atom. The van der Waals surface area contributed by atoms with E-state index in [0.29, 0.717) is 17.7 Å². The Morgan fingerprint density at radius 1 is 1.28 bits per heavy atom. The van der Waals surface area contributed by atoms with Crippen molar-refractivity contribution in [3.05, 3.63) is 43.4 Å². The molecule has 2 aromatic rings. The van der Waals surface area contributed by atoms with E-state index in [4.69, 9.17) is 4.74 Å². The minimum Gasteiger partial charge on any atom is -0.494 e. The monoisotopic (exact) mass is 264 g/mol. The van der Waals surface area contributed by atoms with Gasteiger partial charge in [-0.2, -0.15) is 0 Å². The zero-order chi connectivity index (χ0) is 13.2. The largest absolute Gasteiger partial charge is 0.494 e. The number of ether oxygens (including phenoxy) is 1. The minimum absolute atomic E-state index is 0.205. The fraction of sp³-hybridized carbons (Fsp3) is 0.154. The quantitative estimate of drug-likeness (QED) is 0.922. The molecule has 0 aliphatic carbocycles. The van der Waals surface area contributed by atoms with Crippen LogP contribution < -0.4 is 9.46 Å². The van der Waals surface area contributed by atoms with Crippen molar-refractivity contribution in [2.24, 2.45) is 0 Å². The smallest absolute Gasteiger partial charge is 0.241 e. The van der Waals surface area contributed by atoms with Gasteiger partial charge in [0.2, 0.25) is 10.0 Å². The molecule has 1 N–H and O–H groups in total. The van der Waals surface area contributed by atoms with Gasteiger partial charge in [-0.15, -0.1) is 0 Å². The highest BCUT2D eigenvalue weighted by Gasteiger charge is 2.15. The van der Waals surface area contributed by atoms with Gasteiger partial charge in [-0.1, -0.05) is 18.2 Å². The predicted molar refractivity (Wildman–Crippen MR) is 70.8 cm³/mol. The Kier molecular flexibility index (Phi) is 3.54. The van der Waals surface area contributed by atoms with Crippen LogP contribution in [0, 0.1) is 7.05 Å². The Labute approximate surface area is 107 Å². The first-order valence-electron chi connectivity index (χ1n) is 5.53. The molecule has 4 nitrogen and oxygen atoms in total. The first-order chi connectivity index (χ1) is 8.58. The summed E-state index contributed by atoms with van der Waals surface area (Å²) in [4.78, 5) is 0.205. The lowest BCUT2D eigenvalue weighted by atomic mass is 10.1. The molecule has 0 amide bonds. The highest BCUT2D eigenvalue weighted by Crippen LogP contribution is 2.26. The van der Waals surface area contributed by atoms with E-state index in [1.165, 1.54) is 0 Å². The summed E-state index contributed by atoms with van der Waals surface area (Å²) in [5, 5.41) is 1.47. The van der Waals surface area contributed by atoms with E-state index < -0.39 is 10.0 Å². The number of hydrogen-bond donors (Lipinski definition) is 1. The molecule has 95 valence electrons. The van der Waals surface area contributed by atoms with Crippen LogP contribution in [0.2, 0.25) is 0 Å². The molecule has 0 bridgehead atoms. The summed E-state index contributed by atoms with van der Waals surface area (Å²) in [5.74, 6) is 0.650. The van der Waals surface area contributed by atoms with Crippen molar-refractivity contribution >= 4 is 20.8 Å². The molecule has 0 atom stereocenters. The van der Waals surface area contributed by atoms with Crippen molar-refractivity contribution in [2.75, 3.05) is 6.61 Å². The highest BCUT2D eigenvalue weighted by atomic mass is 32.2.